The predicted octanol–water partition coefficient (Wildman–Crippen LogP) is 0.354. The number of hydrogen-bond donors (Lipinski definition) is 2. The van der Waals surface area contributed by atoms with Crippen LogP contribution in [0, 0.1) is 0 Å². The summed E-state index contributed by atoms with van der Waals surface area (Å²) >= 11 is 0. The van der Waals surface area contributed by atoms with Crippen molar-refractivity contribution in [2.45, 2.75) is 31.8 Å². The molecule has 0 radical (unpaired) electrons. The van der Waals surface area contributed by atoms with E-state index in [9.17, 15) is 0 Å². The molecule has 1 rings (SSSR count). The van der Waals surface area contributed by atoms with Crippen molar-refractivity contribution in [2.24, 2.45) is 5.84 Å². The zero-order valence-electron chi connectivity index (χ0n) is 7.21. The van der Waals surface area contributed by atoms with Crippen LogP contribution in [-0.2, 0) is 0 Å². The standard InChI is InChI=1S/C7H17N3.ClH/c1-6-5-7(9-8)3-4-10(6)2;/h6-7,9H,3-5,8H2,1-2H3;1H/t6-,7-;/m0./s1. The van der Waals surface area contributed by atoms with Crippen LogP contribution in [0.3, 0.4) is 0 Å². The zero-order valence-corrected chi connectivity index (χ0v) is 8.03. The third-order valence-electron chi connectivity index (χ3n) is 2.44. The molecule has 1 heterocycles. The summed E-state index contributed by atoms with van der Waals surface area (Å²) in [4.78, 5) is 2.37. The van der Waals surface area contributed by atoms with E-state index in [1.54, 1.807) is 0 Å². The van der Waals surface area contributed by atoms with Crippen molar-refractivity contribution in [3.05, 3.63) is 0 Å². The molecule has 3 N–H and O–H groups in total. The highest BCUT2D eigenvalue weighted by Gasteiger charge is 2.20. The number of piperidine rings is 1. The highest BCUT2D eigenvalue weighted by Crippen LogP contribution is 2.13. The van der Waals surface area contributed by atoms with Crippen LogP contribution in [0.5, 0.6) is 0 Å². The van der Waals surface area contributed by atoms with Crippen molar-refractivity contribution < 1.29 is 0 Å². The molecule has 0 saturated carbocycles. The Bertz CT molecular complexity index is 110. The van der Waals surface area contributed by atoms with Crippen molar-refractivity contribution in [3.63, 3.8) is 0 Å². The second-order valence-electron chi connectivity index (χ2n) is 3.22. The number of hydrazine groups is 1. The zero-order chi connectivity index (χ0) is 7.56. The molecule has 0 aromatic rings. The predicted molar refractivity (Wildman–Crippen MR) is 49.7 cm³/mol. The Morgan fingerprint density at radius 3 is 2.64 bits per heavy atom. The van der Waals surface area contributed by atoms with Gasteiger partial charge in [-0.3, -0.25) is 11.3 Å². The lowest BCUT2D eigenvalue weighted by atomic mass is 10.00. The van der Waals surface area contributed by atoms with Crippen LogP contribution in [0.2, 0.25) is 0 Å². The smallest absolute Gasteiger partial charge is 0.0237 e. The molecule has 11 heavy (non-hydrogen) atoms. The molecule has 0 unspecified atom stereocenters. The van der Waals surface area contributed by atoms with Crippen LogP contribution in [0.4, 0.5) is 0 Å². The Balaban J connectivity index is 0.000001000. The van der Waals surface area contributed by atoms with Crippen LogP contribution >= 0.6 is 12.4 Å². The molecule has 3 nitrogen and oxygen atoms in total. The van der Waals surface area contributed by atoms with Crippen LogP contribution in [0.25, 0.3) is 0 Å². The number of nitrogens with zero attached hydrogens (tertiary/aromatic N) is 1. The van der Waals surface area contributed by atoms with E-state index < -0.39 is 0 Å². The van der Waals surface area contributed by atoms with Gasteiger partial charge in [-0.2, -0.15) is 0 Å². The minimum absolute atomic E-state index is 0. The Morgan fingerprint density at radius 1 is 1.55 bits per heavy atom. The van der Waals surface area contributed by atoms with Gasteiger partial charge in [-0.15, -0.1) is 12.4 Å². The van der Waals surface area contributed by atoms with Gasteiger partial charge in [0.25, 0.3) is 0 Å². The van der Waals surface area contributed by atoms with Crippen molar-refractivity contribution in [3.8, 4) is 0 Å². The summed E-state index contributed by atoms with van der Waals surface area (Å²) in [5.74, 6) is 5.34. The summed E-state index contributed by atoms with van der Waals surface area (Å²) in [6, 6.07) is 1.21. The van der Waals surface area contributed by atoms with Crippen LogP contribution in [0.15, 0.2) is 0 Å². The van der Waals surface area contributed by atoms with E-state index in [1.807, 2.05) is 0 Å². The van der Waals surface area contributed by atoms with Gasteiger partial charge in [0.1, 0.15) is 0 Å². The maximum absolute atomic E-state index is 5.34. The van der Waals surface area contributed by atoms with Gasteiger partial charge >= 0.3 is 0 Å². The number of nitrogens with one attached hydrogen (secondary N) is 1. The molecule has 68 valence electrons. The molecule has 1 fully saturated rings. The maximum Gasteiger partial charge on any atom is 0.0237 e. The number of likely N-dealkylation sites (tertiary alicyclic amines) is 1. The fourth-order valence-corrected chi connectivity index (χ4v) is 1.44. The number of rotatable bonds is 1. The molecular weight excluding hydrogens is 162 g/mol. The molecule has 2 atom stereocenters. The third-order valence-corrected chi connectivity index (χ3v) is 2.44. The van der Waals surface area contributed by atoms with Gasteiger partial charge < -0.3 is 4.90 Å². The number of halogens is 1. The van der Waals surface area contributed by atoms with Gasteiger partial charge in [-0.05, 0) is 33.4 Å². The first-order valence-electron chi connectivity index (χ1n) is 3.90. The molecule has 0 aromatic heterocycles. The lowest BCUT2D eigenvalue weighted by Crippen LogP contribution is -2.47. The molecule has 1 aliphatic rings. The summed E-state index contributed by atoms with van der Waals surface area (Å²) in [5.41, 5.74) is 2.83. The average molecular weight is 180 g/mol. The van der Waals surface area contributed by atoms with Gasteiger partial charge in [0.15, 0.2) is 0 Å². The van der Waals surface area contributed by atoms with E-state index >= 15 is 0 Å². The summed E-state index contributed by atoms with van der Waals surface area (Å²) in [5, 5.41) is 0. The Labute approximate surface area is 74.7 Å². The summed E-state index contributed by atoms with van der Waals surface area (Å²) < 4.78 is 0. The van der Waals surface area contributed by atoms with E-state index in [2.05, 4.69) is 24.3 Å². The molecule has 1 saturated heterocycles. The van der Waals surface area contributed by atoms with Crippen LogP contribution in [0.1, 0.15) is 19.8 Å². The lowest BCUT2D eigenvalue weighted by Gasteiger charge is -2.34. The fraction of sp³-hybridized carbons (Fsp3) is 1.00. The van der Waals surface area contributed by atoms with E-state index in [0.717, 1.165) is 6.54 Å². The summed E-state index contributed by atoms with van der Waals surface area (Å²) in [6.45, 7) is 3.40. The third kappa shape index (κ3) is 2.95. The van der Waals surface area contributed by atoms with Crippen LogP contribution < -0.4 is 11.3 Å². The minimum Gasteiger partial charge on any atom is -0.304 e. The Hall–Kier alpha value is 0.170. The molecule has 0 aromatic carbocycles. The lowest BCUT2D eigenvalue weighted by molar-refractivity contribution is 0.169. The van der Waals surface area contributed by atoms with E-state index in [-0.39, 0.29) is 12.4 Å². The molecule has 4 heteroatoms. The Kier molecular flexibility index (Phi) is 5.01. The summed E-state index contributed by atoms with van der Waals surface area (Å²) in [6.07, 6.45) is 2.35. The second kappa shape index (κ2) is 4.93. The summed E-state index contributed by atoms with van der Waals surface area (Å²) in [7, 11) is 2.16. The van der Waals surface area contributed by atoms with E-state index in [4.69, 9.17) is 5.84 Å². The van der Waals surface area contributed by atoms with Gasteiger partial charge in [0.05, 0.1) is 0 Å². The monoisotopic (exact) mass is 179 g/mol. The van der Waals surface area contributed by atoms with Gasteiger partial charge in [0, 0.05) is 12.1 Å². The topological polar surface area (TPSA) is 41.3 Å². The number of hydrogen-bond acceptors (Lipinski definition) is 3. The minimum atomic E-state index is 0. The van der Waals surface area contributed by atoms with Crippen molar-refractivity contribution in [2.75, 3.05) is 13.6 Å². The van der Waals surface area contributed by atoms with Gasteiger partial charge in [-0.1, -0.05) is 0 Å². The SMILES string of the molecule is C[C@H]1C[C@@H](NN)CCN1C.Cl. The van der Waals surface area contributed by atoms with Gasteiger partial charge in [0.2, 0.25) is 0 Å². The first kappa shape index (κ1) is 11.2. The van der Waals surface area contributed by atoms with Crippen molar-refractivity contribution in [1.82, 2.24) is 10.3 Å². The molecule has 0 aliphatic carbocycles. The average Bonchev–Trinajstić information content (AvgIpc) is 1.95. The largest absolute Gasteiger partial charge is 0.304 e. The normalized spacial score (nSPS) is 33.0. The maximum atomic E-state index is 5.34. The van der Waals surface area contributed by atoms with Gasteiger partial charge in [-0.25, -0.2) is 0 Å². The Morgan fingerprint density at radius 2 is 2.18 bits per heavy atom. The second-order valence-corrected chi connectivity index (χ2v) is 3.22. The van der Waals surface area contributed by atoms with E-state index in [1.165, 1.54) is 12.8 Å². The van der Waals surface area contributed by atoms with Crippen LogP contribution in [-0.4, -0.2) is 30.6 Å². The number of nitrogens with two attached hydrogens (primary N) is 1. The molecule has 0 bridgehead atoms. The quantitative estimate of drug-likeness (QED) is 0.451. The molecule has 1 aliphatic heterocycles. The van der Waals surface area contributed by atoms with Crippen molar-refractivity contribution in [1.29, 1.82) is 0 Å². The highest BCUT2D eigenvalue weighted by atomic mass is 35.5. The highest BCUT2D eigenvalue weighted by molar-refractivity contribution is 5.85. The fourth-order valence-electron chi connectivity index (χ4n) is 1.44. The first-order valence-corrected chi connectivity index (χ1v) is 3.90. The van der Waals surface area contributed by atoms with Crippen molar-refractivity contribution >= 4 is 12.4 Å². The molecule has 0 spiro atoms. The molecular formula is C7H18ClN3. The first-order chi connectivity index (χ1) is 4.74. The molecule has 0 amide bonds. The van der Waals surface area contributed by atoms with E-state index in [0.29, 0.717) is 12.1 Å².